The smallest absolute Gasteiger partial charge is 0.235 e. The van der Waals surface area contributed by atoms with Crippen LogP contribution in [0.15, 0.2) is 24.3 Å². The molecule has 1 aromatic carbocycles. The fraction of sp³-hybridized carbons (Fsp3) is 0.417. The molecule has 0 unspecified atom stereocenters. The molecule has 0 fully saturated rings. The zero-order valence-corrected chi connectivity index (χ0v) is 10.5. The molecule has 0 spiro atoms. The topological polar surface area (TPSA) is 29.1 Å². The summed E-state index contributed by atoms with van der Waals surface area (Å²) < 4.78 is 0. The summed E-state index contributed by atoms with van der Waals surface area (Å²) in [7, 11) is 0. The lowest BCUT2D eigenvalue weighted by Gasteiger charge is -2.04. The molecule has 0 heterocycles. The summed E-state index contributed by atoms with van der Waals surface area (Å²) in [5.74, 6) is -0.0173. The lowest BCUT2D eigenvalue weighted by atomic mass is 10.1. The molecule has 0 atom stereocenters. The van der Waals surface area contributed by atoms with Crippen LogP contribution in [0.1, 0.15) is 25.3 Å². The van der Waals surface area contributed by atoms with Crippen LogP contribution in [0.4, 0.5) is 5.69 Å². The highest BCUT2D eigenvalue weighted by Gasteiger charge is 1.99. The normalized spacial score (nSPS) is 10.0. The number of nitrogens with one attached hydrogen (secondary N) is 1. The van der Waals surface area contributed by atoms with Crippen molar-refractivity contribution in [1.29, 1.82) is 0 Å². The zero-order chi connectivity index (χ0) is 11.1. The van der Waals surface area contributed by atoms with Gasteiger partial charge in [0.05, 0.1) is 5.33 Å². The minimum atomic E-state index is -0.0173. The second kappa shape index (κ2) is 6.62. The Bertz CT molecular complexity index is 308. The Labute approximate surface area is 99.2 Å². The number of amides is 1. The molecule has 1 amide bonds. The van der Waals surface area contributed by atoms with E-state index in [1.54, 1.807) is 0 Å². The van der Waals surface area contributed by atoms with Gasteiger partial charge in [0.25, 0.3) is 0 Å². The second-order valence-corrected chi connectivity index (χ2v) is 4.04. The lowest BCUT2D eigenvalue weighted by molar-refractivity contribution is -0.113. The molecule has 2 nitrogen and oxygen atoms in total. The van der Waals surface area contributed by atoms with Gasteiger partial charge in [0.2, 0.25) is 5.91 Å². The molecule has 1 N–H and O–H groups in total. The van der Waals surface area contributed by atoms with Crippen LogP contribution in [-0.2, 0) is 11.2 Å². The number of halogens is 1. The summed E-state index contributed by atoms with van der Waals surface area (Å²) in [4.78, 5) is 11.1. The summed E-state index contributed by atoms with van der Waals surface area (Å²) in [5.41, 5.74) is 2.19. The molecule has 0 aromatic heterocycles. The average molecular weight is 270 g/mol. The van der Waals surface area contributed by atoms with Gasteiger partial charge in [-0.25, -0.2) is 0 Å². The first-order chi connectivity index (χ1) is 7.26. The third kappa shape index (κ3) is 4.47. The predicted octanol–water partition coefficient (Wildman–Crippen LogP) is 3.36. The lowest BCUT2D eigenvalue weighted by Crippen LogP contribution is -2.12. The van der Waals surface area contributed by atoms with Gasteiger partial charge in [0.1, 0.15) is 0 Å². The number of anilines is 1. The molecule has 15 heavy (non-hydrogen) atoms. The van der Waals surface area contributed by atoms with Crippen LogP contribution in [-0.4, -0.2) is 11.2 Å². The van der Waals surface area contributed by atoms with Gasteiger partial charge in [0.15, 0.2) is 0 Å². The highest BCUT2D eigenvalue weighted by atomic mass is 79.9. The molecule has 1 rings (SSSR count). The van der Waals surface area contributed by atoms with E-state index in [1.165, 1.54) is 18.4 Å². The Hall–Kier alpha value is -0.830. The van der Waals surface area contributed by atoms with Crippen LogP contribution in [0, 0.1) is 0 Å². The maximum Gasteiger partial charge on any atom is 0.235 e. The zero-order valence-electron chi connectivity index (χ0n) is 8.92. The fourth-order valence-electron chi connectivity index (χ4n) is 1.33. The van der Waals surface area contributed by atoms with E-state index >= 15 is 0 Å². The van der Waals surface area contributed by atoms with E-state index in [0.717, 1.165) is 12.1 Å². The SMILES string of the molecule is CCCCc1ccc(NC(=O)CBr)cc1. The summed E-state index contributed by atoms with van der Waals surface area (Å²) in [6.07, 6.45) is 3.54. The number of alkyl halides is 1. The summed E-state index contributed by atoms with van der Waals surface area (Å²) in [6.45, 7) is 2.19. The van der Waals surface area contributed by atoms with Crippen molar-refractivity contribution in [2.24, 2.45) is 0 Å². The van der Waals surface area contributed by atoms with E-state index in [2.05, 4.69) is 40.3 Å². The largest absolute Gasteiger partial charge is 0.325 e. The Balaban J connectivity index is 2.52. The molecule has 3 heteroatoms. The van der Waals surface area contributed by atoms with Crippen molar-refractivity contribution < 1.29 is 4.79 Å². The van der Waals surface area contributed by atoms with E-state index in [-0.39, 0.29) is 5.91 Å². The molecule has 0 aliphatic rings. The number of rotatable bonds is 5. The van der Waals surface area contributed by atoms with Crippen molar-refractivity contribution in [2.75, 3.05) is 10.6 Å². The number of unbranched alkanes of at least 4 members (excludes halogenated alkanes) is 1. The first-order valence-corrected chi connectivity index (χ1v) is 6.33. The maximum absolute atomic E-state index is 11.1. The number of carbonyl (C=O) groups is 1. The maximum atomic E-state index is 11.1. The van der Waals surface area contributed by atoms with E-state index in [1.807, 2.05) is 12.1 Å². The fourth-order valence-corrected chi connectivity index (χ4v) is 1.47. The van der Waals surface area contributed by atoms with Crippen LogP contribution < -0.4 is 5.32 Å². The molecule has 0 saturated carbocycles. The molecule has 0 saturated heterocycles. The van der Waals surface area contributed by atoms with Gasteiger partial charge in [-0.05, 0) is 30.5 Å². The molecule has 0 aliphatic carbocycles. The van der Waals surface area contributed by atoms with E-state index < -0.39 is 0 Å². The van der Waals surface area contributed by atoms with Crippen LogP contribution >= 0.6 is 15.9 Å². The monoisotopic (exact) mass is 269 g/mol. The van der Waals surface area contributed by atoms with Crippen molar-refractivity contribution in [3.05, 3.63) is 29.8 Å². The molecule has 82 valence electrons. The quantitative estimate of drug-likeness (QED) is 0.817. The van der Waals surface area contributed by atoms with E-state index in [0.29, 0.717) is 5.33 Å². The second-order valence-electron chi connectivity index (χ2n) is 3.48. The molecule has 0 radical (unpaired) electrons. The Kier molecular flexibility index (Phi) is 5.40. The highest BCUT2D eigenvalue weighted by Crippen LogP contribution is 2.11. The third-order valence-corrected chi connectivity index (χ3v) is 2.69. The Morgan fingerprint density at radius 2 is 2.00 bits per heavy atom. The summed E-state index contributed by atoms with van der Waals surface area (Å²) >= 11 is 3.11. The number of hydrogen-bond acceptors (Lipinski definition) is 1. The summed E-state index contributed by atoms with van der Waals surface area (Å²) in [5, 5.41) is 3.13. The van der Waals surface area contributed by atoms with Gasteiger partial charge >= 0.3 is 0 Å². The molecular formula is C12H16BrNO. The highest BCUT2D eigenvalue weighted by molar-refractivity contribution is 9.09. The van der Waals surface area contributed by atoms with Crippen molar-refractivity contribution in [2.45, 2.75) is 26.2 Å². The Morgan fingerprint density at radius 3 is 2.53 bits per heavy atom. The molecular weight excluding hydrogens is 254 g/mol. The van der Waals surface area contributed by atoms with Gasteiger partial charge in [-0.1, -0.05) is 41.4 Å². The van der Waals surface area contributed by atoms with Gasteiger partial charge < -0.3 is 5.32 Å². The summed E-state index contributed by atoms with van der Waals surface area (Å²) in [6, 6.07) is 8.04. The Morgan fingerprint density at radius 1 is 1.33 bits per heavy atom. The number of carbonyl (C=O) groups excluding carboxylic acids is 1. The van der Waals surface area contributed by atoms with Crippen LogP contribution in [0.3, 0.4) is 0 Å². The average Bonchev–Trinajstić information content (AvgIpc) is 2.28. The van der Waals surface area contributed by atoms with Gasteiger partial charge in [-0.2, -0.15) is 0 Å². The van der Waals surface area contributed by atoms with Crippen molar-refractivity contribution >= 4 is 27.5 Å². The van der Waals surface area contributed by atoms with Crippen LogP contribution in [0.2, 0.25) is 0 Å². The molecule has 0 aliphatic heterocycles. The van der Waals surface area contributed by atoms with Crippen molar-refractivity contribution in [3.8, 4) is 0 Å². The number of aryl methyl sites for hydroxylation is 1. The first-order valence-electron chi connectivity index (χ1n) is 5.21. The minimum Gasteiger partial charge on any atom is -0.325 e. The first kappa shape index (κ1) is 12.2. The van der Waals surface area contributed by atoms with Crippen molar-refractivity contribution in [3.63, 3.8) is 0 Å². The third-order valence-electron chi connectivity index (χ3n) is 2.18. The van der Waals surface area contributed by atoms with Gasteiger partial charge in [-0.15, -0.1) is 0 Å². The van der Waals surface area contributed by atoms with E-state index in [4.69, 9.17) is 0 Å². The van der Waals surface area contributed by atoms with Gasteiger partial charge in [0, 0.05) is 5.69 Å². The van der Waals surface area contributed by atoms with Crippen LogP contribution in [0.5, 0.6) is 0 Å². The number of benzene rings is 1. The molecule has 0 bridgehead atoms. The predicted molar refractivity (Wildman–Crippen MR) is 67.5 cm³/mol. The minimum absolute atomic E-state index is 0.0173. The standard InChI is InChI=1S/C12H16BrNO/c1-2-3-4-10-5-7-11(8-6-10)14-12(15)9-13/h5-8H,2-4,9H2,1H3,(H,14,15). The number of hydrogen-bond donors (Lipinski definition) is 1. The molecule has 1 aromatic rings. The van der Waals surface area contributed by atoms with Crippen molar-refractivity contribution in [1.82, 2.24) is 0 Å². The van der Waals surface area contributed by atoms with Crippen LogP contribution in [0.25, 0.3) is 0 Å². The van der Waals surface area contributed by atoms with E-state index in [9.17, 15) is 4.79 Å². The van der Waals surface area contributed by atoms with Gasteiger partial charge in [-0.3, -0.25) is 4.79 Å².